The van der Waals surface area contributed by atoms with Crippen LogP contribution in [-0.4, -0.2) is 6.86 Å². The van der Waals surface area contributed by atoms with Crippen molar-refractivity contribution in [3.05, 3.63) is 40.9 Å². The minimum Gasteiger partial charge on any atom is -1.00 e. The first kappa shape index (κ1) is 13.0. The van der Waals surface area contributed by atoms with Crippen molar-refractivity contribution in [1.29, 1.82) is 0 Å². The number of ether oxygens (including phenoxy) is 1. The molecule has 2 rings (SSSR count). The van der Waals surface area contributed by atoms with Gasteiger partial charge in [0.2, 0.25) is 6.86 Å². The van der Waals surface area contributed by atoms with E-state index in [-0.39, 0.29) is 31.0 Å². The molecule has 0 unspecified atom stereocenters. The van der Waals surface area contributed by atoms with Gasteiger partial charge in [0, 0.05) is 4.47 Å². The van der Waals surface area contributed by atoms with Gasteiger partial charge in [0.05, 0.1) is 0 Å². The topological polar surface area (TPSA) is 9.23 Å². The Morgan fingerprint density at radius 2 is 1.80 bits per heavy atom. The zero-order valence-electron chi connectivity index (χ0n) is 9.34. The molecule has 74 valence electrons. The number of rotatable bonds is 2. The van der Waals surface area contributed by atoms with Crippen LogP contribution in [0.4, 0.5) is 4.39 Å². The van der Waals surface area contributed by atoms with E-state index in [4.69, 9.17) is 4.74 Å². The minimum atomic E-state index is -0.790. The fourth-order valence-electron chi connectivity index (χ4n) is 1.35. The molecule has 0 heterocycles. The van der Waals surface area contributed by atoms with Crippen LogP contribution in [-0.2, 0) is 0 Å². The smallest absolute Gasteiger partial charge is 1.00 e. The molecule has 0 spiro atoms. The fraction of sp³-hybridized carbons (Fsp3) is 0.0909. The molecule has 15 heavy (non-hydrogen) atoms. The molecule has 0 saturated heterocycles. The Balaban J connectivity index is 0.00000112. The van der Waals surface area contributed by atoms with Gasteiger partial charge in [0.15, 0.2) is 0 Å². The van der Waals surface area contributed by atoms with Crippen LogP contribution in [0, 0.1) is 0 Å². The van der Waals surface area contributed by atoms with Gasteiger partial charge in [-0.05, 0) is 35.0 Å². The number of alkyl halides is 1. The van der Waals surface area contributed by atoms with E-state index in [1.807, 2.05) is 30.3 Å². The Labute approximate surface area is 120 Å². The third-order valence-corrected chi connectivity index (χ3v) is 2.49. The summed E-state index contributed by atoms with van der Waals surface area (Å²) in [5.74, 6) is 0.558. The molecule has 0 aliphatic rings. The van der Waals surface area contributed by atoms with Gasteiger partial charge >= 0.3 is 29.6 Å². The van der Waals surface area contributed by atoms with E-state index in [1.54, 1.807) is 6.07 Å². The summed E-state index contributed by atoms with van der Waals surface area (Å²) in [6.45, 7) is -0.790. The molecule has 0 aliphatic heterocycles. The number of hydrogen-bond donors (Lipinski definition) is 0. The van der Waals surface area contributed by atoms with Crippen LogP contribution in [0.3, 0.4) is 0 Å². The molecule has 0 fully saturated rings. The Morgan fingerprint density at radius 1 is 1.13 bits per heavy atom. The third kappa shape index (κ3) is 3.18. The summed E-state index contributed by atoms with van der Waals surface area (Å²) in [5.41, 5.74) is 0. The molecule has 1 nitrogen and oxygen atoms in total. The van der Waals surface area contributed by atoms with Crippen molar-refractivity contribution in [3.63, 3.8) is 0 Å². The van der Waals surface area contributed by atoms with Gasteiger partial charge in [-0.15, -0.1) is 0 Å². The molecular weight excluding hydrogens is 270 g/mol. The molecular formula is C11H9BrFNaO. The number of benzene rings is 2. The van der Waals surface area contributed by atoms with E-state index in [0.717, 1.165) is 15.2 Å². The average Bonchev–Trinajstić information content (AvgIpc) is 2.19. The van der Waals surface area contributed by atoms with Crippen molar-refractivity contribution in [2.45, 2.75) is 0 Å². The van der Waals surface area contributed by atoms with Crippen LogP contribution in [0.25, 0.3) is 10.8 Å². The van der Waals surface area contributed by atoms with E-state index < -0.39 is 6.86 Å². The average molecular weight is 279 g/mol. The first-order chi connectivity index (χ1) is 6.79. The van der Waals surface area contributed by atoms with Crippen LogP contribution in [0.2, 0.25) is 0 Å². The molecule has 0 amide bonds. The van der Waals surface area contributed by atoms with Crippen molar-refractivity contribution in [2.24, 2.45) is 0 Å². The zero-order valence-corrected chi connectivity index (χ0v) is 11.9. The second kappa shape index (κ2) is 5.85. The maximum atomic E-state index is 11.9. The molecule has 0 aliphatic carbocycles. The van der Waals surface area contributed by atoms with Crippen LogP contribution < -0.4 is 34.3 Å². The van der Waals surface area contributed by atoms with Crippen LogP contribution >= 0.6 is 15.9 Å². The molecule has 0 atom stereocenters. The number of fused-ring (bicyclic) bond motifs is 1. The summed E-state index contributed by atoms with van der Waals surface area (Å²) in [5, 5.41) is 2.14. The van der Waals surface area contributed by atoms with Crippen molar-refractivity contribution in [2.75, 3.05) is 6.86 Å². The Kier molecular flexibility index (Phi) is 5.06. The monoisotopic (exact) mass is 278 g/mol. The first-order valence-corrected chi connectivity index (χ1v) is 4.97. The first-order valence-electron chi connectivity index (χ1n) is 4.18. The summed E-state index contributed by atoms with van der Waals surface area (Å²) in [4.78, 5) is 0. The van der Waals surface area contributed by atoms with Crippen LogP contribution in [0.5, 0.6) is 5.75 Å². The zero-order chi connectivity index (χ0) is 9.97. The van der Waals surface area contributed by atoms with Gasteiger partial charge in [-0.1, -0.05) is 28.1 Å². The fourth-order valence-corrected chi connectivity index (χ4v) is 1.73. The quantitative estimate of drug-likeness (QED) is 0.746. The second-order valence-corrected chi connectivity index (χ2v) is 3.82. The van der Waals surface area contributed by atoms with E-state index in [0.29, 0.717) is 5.75 Å². The van der Waals surface area contributed by atoms with Gasteiger partial charge < -0.3 is 6.16 Å². The number of halogens is 2. The van der Waals surface area contributed by atoms with Gasteiger partial charge in [-0.3, -0.25) is 0 Å². The molecule has 0 radical (unpaired) electrons. The maximum absolute atomic E-state index is 11.9. The Hall–Kier alpha value is -0.0900. The predicted octanol–water partition coefficient (Wildman–Crippen LogP) is 1.02. The molecule has 0 bridgehead atoms. The van der Waals surface area contributed by atoms with E-state index in [1.165, 1.54) is 0 Å². The molecule has 2 aromatic rings. The summed E-state index contributed by atoms with van der Waals surface area (Å²) >= 11 is 3.39. The number of hydrogen-bond acceptors (Lipinski definition) is 1. The predicted molar refractivity (Wildman–Crippen MR) is 59.4 cm³/mol. The van der Waals surface area contributed by atoms with Crippen LogP contribution in [0.1, 0.15) is 1.43 Å². The molecule has 0 aromatic heterocycles. The molecule has 4 heteroatoms. The maximum Gasteiger partial charge on any atom is 1.00 e. The SMILES string of the molecule is FCOc1ccc2cc(Br)ccc2c1.[H-].[Na+]. The molecule has 0 saturated carbocycles. The van der Waals surface area contributed by atoms with E-state index in [2.05, 4.69) is 15.9 Å². The third-order valence-electron chi connectivity index (χ3n) is 1.99. The standard InChI is InChI=1S/C11H8BrFO.Na.H/c12-10-3-1-9-6-11(14-7-13)4-2-8(9)5-10;;/h1-6H,7H2;;/q;+1;-1. The summed E-state index contributed by atoms with van der Waals surface area (Å²) in [6, 6.07) is 11.4. The van der Waals surface area contributed by atoms with Gasteiger partial charge in [0.25, 0.3) is 0 Å². The Bertz CT molecular complexity index is 467. The van der Waals surface area contributed by atoms with Gasteiger partial charge in [-0.2, -0.15) is 0 Å². The van der Waals surface area contributed by atoms with Crippen molar-refractivity contribution < 1.29 is 40.1 Å². The summed E-state index contributed by atoms with van der Waals surface area (Å²) < 4.78 is 17.7. The van der Waals surface area contributed by atoms with Crippen molar-refractivity contribution in [3.8, 4) is 5.75 Å². The molecule has 2 aromatic carbocycles. The summed E-state index contributed by atoms with van der Waals surface area (Å²) in [7, 11) is 0. The largest absolute Gasteiger partial charge is 1.00 e. The van der Waals surface area contributed by atoms with Gasteiger partial charge in [0.1, 0.15) is 5.75 Å². The van der Waals surface area contributed by atoms with Crippen LogP contribution in [0.15, 0.2) is 40.9 Å². The van der Waals surface area contributed by atoms with Crippen molar-refractivity contribution in [1.82, 2.24) is 0 Å². The second-order valence-electron chi connectivity index (χ2n) is 2.91. The summed E-state index contributed by atoms with van der Waals surface area (Å²) in [6.07, 6.45) is 0. The normalized spacial score (nSPS) is 9.73. The Morgan fingerprint density at radius 3 is 2.53 bits per heavy atom. The molecule has 0 N–H and O–H groups in total. The van der Waals surface area contributed by atoms with Crippen molar-refractivity contribution >= 4 is 26.7 Å². The minimum absolute atomic E-state index is 0. The van der Waals surface area contributed by atoms with Gasteiger partial charge in [-0.25, -0.2) is 4.39 Å². The van der Waals surface area contributed by atoms with E-state index >= 15 is 0 Å². The van der Waals surface area contributed by atoms with E-state index in [9.17, 15) is 4.39 Å².